The Labute approximate surface area is 122 Å². The van der Waals surface area contributed by atoms with Crippen LogP contribution in [0.1, 0.15) is 36.1 Å². The van der Waals surface area contributed by atoms with Crippen molar-refractivity contribution in [2.45, 2.75) is 25.9 Å². The van der Waals surface area contributed by atoms with Gasteiger partial charge in [0.2, 0.25) is 5.91 Å². The summed E-state index contributed by atoms with van der Waals surface area (Å²) in [6.07, 6.45) is 3.07. The van der Waals surface area contributed by atoms with Crippen LogP contribution >= 0.6 is 0 Å². The number of aromatic nitrogens is 1. The fourth-order valence-electron chi connectivity index (χ4n) is 1.79. The lowest BCUT2D eigenvalue weighted by molar-refractivity contribution is -0.123. The summed E-state index contributed by atoms with van der Waals surface area (Å²) in [5, 5.41) is 5.37. The van der Waals surface area contributed by atoms with Gasteiger partial charge in [-0.3, -0.25) is 14.6 Å². The minimum Gasteiger partial charge on any atom is -0.459 e. The first-order valence-corrected chi connectivity index (χ1v) is 6.63. The molecule has 110 valence electrons. The third kappa shape index (κ3) is 3.92. The predicted molar refractivity (Wildman–Crippen MR) is 76.4 cm³/mol. The van der Waals surface area contributed by atoms with Crippen molar-refractivity contribution in [3.8, 4) is 0 Å². The molecule has 0 saturated heterocycles. The van der Waals surface area contributed by atoms with Gasteiger partial charge in [-0.15, -0.1) is 0 Å². The number of nitrogens with one attached hydrogen (secondary N) is 2. The topological polar surface area (TPSA) is 84.2 Å². The second-order valence-electron chi connectivity index (χ2n) is 4.66. The van der Waals surface area contributed by atoms with Gasteiger partial charge in [0.1, 0.15) is 6.04 Å². The zero-order chi connectivity index (χ0) is 15.2. The van der Waals surface area contributed by atoms with Gasteiger partial charge in [0, 0.05) is 6.20 Å². The standard InChI is InChI=1S/C15H17N3O3/c1-10(12-6-3-4-8-16-12)17-14(19)11(2)18-15(20)13-7-5-9-21-13/h3-11H,1-2H3,(H,17,19)(H,18,20)/t10-,11+/m1/s1. The van der Waals surface area contributed by atoms with Gasteiger partial charge >= 0.3 is 0 Å². The number of carbonyl (C=O) groups is 2. The second-order valence-corrected chi connectivity index (χ2v) is 4.66. The average Bonchev–Trinajstić information content (AvgIpc) is 3.02. The van der Waals surface area contributed by atoms with Crippen molar-refractivity contribution >= 4 is 11.8 Å². The van der Waals surface area contributed by atoms with Gasteiger partial charge in [0.05, 0.1) is 18.0 Å². The molecule has 6 nitrogen and oxygen atoms in total. The van der Waals surface area contributed by atoms with E-state index in [1.54, 1.807) is 19.2 Å². The molecule has 0 fully saturated rings. The van der Waals surface area contributed by atoms with Gasteiger partial charge in [-0.05, 0) is 38.1 Å². The lowest BCUT2D eigenvalue weighted by Gasteiger charge is -2.17. The molecule has 2 atom stereocenters. The van der Waals surface area contributed by atoms with Crippen LogP contribution in [0.3, 0.4) is 0 Å². The maximum atomic E-state index is 12.0. The summed E-state index contributed by atoms with van der Waals surface area (Å²) in [6, 6.07) is 7.74. The van der Waals surface area contributed by atoms with Gasteiger partial charge < -0.3 is 15.1 Å². The van der Waals surface area contributed by atoms with Gasteiger partial charge in [0.25, 0.3) is 5.91 Å². The van der Waals surface area contributed by atoms with Crippen molar-refractivity contribution in [1.82, 2.24) is 15.6 Å². The number of rotatable bonds is 5. The molecule has 0 unspecified atom stereocenters. The fourth-order valence-corrected chi connectivity index (χ4v) is 1.79. The normalized spacial score (nSPS) is 13.2. The van der Waals surface area contributed by atoms with E-state index in [4.69, 9.17) is 4.42 Å². The van der Waals surface area contributed by atoms with Gasteiger partial charge in [-0.25, -0.2) is 0 Å². The molecule has 0 aromatic carbocycles. The molecular weight excluding hydrogens is 270 g/mol. The van der Waals surface area contributed by atoms with E-state index in [2.05, 4.69) is 15.6 Å². The molecule has 2 N–H and O–H groups in total. The summed E-state index contributed by atoms with van der Waals surface area (Å²) in [5.74, 6) is -0.534. The van der Waals surface area contributed by atoms with Crippen LogP contribution in [0.2, 0.25) is 0 Å². The summed E-state index contributed by atoms with van der Waals surface area (Å²) in [5.41, 5.74) is 0.760. The lowest BCUT2D eigenvalue weighted by atomic mass is 10.2. The van der Waals surface area contributed by atoms with Crippen molar-refractivity contribution in [3.05, 3.63) is 54.2 Å². The summed E-state index contributed by atoms with van der Waals surface area (Å²) in [6.45, 7) is 3.45. The SMILES string of the molecule is C[C@H](NC(=O)c1ccco1)C(=O)N[C@H](C)c1ccccn1. The van der Waals surface area contributed by atoms with Crippen molar-refractivity contribution in [3.63, 3.8) is 0 Å². The Morgan fingerprint density at radius 3 is 2.57 bits per heavy atom. The van der Waals surface area contributed by atoms with Gasteiger partial charge in [-0.2, -0.15) is 0 Å². The molecule has 0 saturated carbocycles. The Morgan fingerprint density at radius 1 is 1.14 bits per heavy atom. The third-order valence-electron chi connectivity index (χ3n) is 2.98. The average molecular weight is 287 g/mol. The maximum Gasteiger partial charge on any atom is 0.287 e. The zero-order valence-corrected chi connectivity index (χ0v) is 11.9. The second kappa shape index (κ2) is 6.69. The first-order valence-electron chi connectivity index (χ1n) is 6.63. The first kappa shape index (κ1) is 14.8. The lowest BCUT2D eigenvalue weighted by Crippen LogP contribution is -2.45. The summed E-state index contributed by atoms with van der Waals surface area (Å²) >= 11 is 0. The number of amides is 2. The van der Waals surface area contributed by atoms with E-state index in [9.17, 15) is 9.59 Å². The summed E-state index contributed by atoms with van der Waals surface area (Å²) in [4.78, 5) is 28.0. The smallest absolute Gasteiger partial charge is 0.287 e. The molecule has 0 aliphatic carbocycles. The van der Waals surface area contributed by atoms with Crippen LogP contribution in [-0.4, -0.2) is 22.8 Å². The fraction of sp³-hybridized carbons (Fsp3) is 0.267. The van der Waals surface area contributed by atoms with E-state index in [0.29, 0.717) is 0 Å². The van der Waals surface area contributed by atoms with Gasteiger partial charge in [-0.1, -0.05) is 6.07 Å². The number of furan rings is 1. The van der Waals surface area contributed by atoms with Crippen LogP contribution in [0.4, 0.5) is 0 Å². The van der Waals surface area contributed by atoms with Crippen LogP contribution in [0.25, 0.3) is 0 Å². The molecule has 0 aliphatic rings. The number of nitrogens with zero attached hydrogens (tertiary/aromatic N) is 1. The molecule has 2 amide bonds. The van der Waals surface area contributed by atoms with Crippen LogP contribution in [0.5, 0.6) is 0 Å². The van der Waals surface area contributed by atoms with Crippen molar-refractivity contribution in [2.75, 3.05) is 0 Å². The summed E-state index contributed by atoms with van der Waals surface area (Å²) in [7, 11) is 0. The minimum absolute atomic E-state index is 0.174. The summed E-state index contributed by atoms with van der Waals surface area (Å²) < 4.78 is 4.97. The van der Waals surface area contributed by atoms with E-state index in [0.717, 1.165) is 5.69 Å². The largest absolute Gasteiger partial charge is 0.459 e. The molecule has 2 aromatic rings. The Hall–Kier alpha value is -2.63. The van der Waals surface area contributed by atoms with Crippen LogP contribution in [0, 0.1) is 0 Å². The predicted octanol–water partition coefficient (Wildman–Crippen LogP) is 1.67. The quantitative estimate of drug-likeness (QED) is 0.876. The highest BCUT2D eigenvalue weighted by Gasteiger charge is 2.20. The molecule has 6 heteroatoms. The minimum atomic E-state index is -0.672. The van der Waals surface area contributed by atoms with Crippen LogP contribution in [-0.2, 0) is 4.79 Å². The zero-order valence-electron chi connectivity index (χ0n) is 11.9. The van der Waals surface area contributed by atoms with E-state index >= 15 is 0 Å². The first-order chi connectivity index (χ1) is 10.1. The number of pyridine rings is 1. The van der Waals surface area contributed by atoms with Crippen molar-refractivity contribution in [1.29, 1.82) is 0 Å². The van der Waals surface area contributed by atoms with Gasteiger partial charge in [0.15, 0.2) is 5.76 Å². The monoisotopic (exact) mass is 287 g/mol. The molecule has 2 rings (SSSR count). The van der Waals surface area contributed by atoms with Crippen LogP contribution in [0.15, 0.2) is 47.2 Å². The van der Waals surface area contributed by atoms with E-state index in [-0.39, 0.29) is 17.7 Å². The molecular formula is C15H17N3O3. The molecule has 2 heterocycles. The highest BCUT2D eigenvalue weighted by atomic mass is 16.3. The highest BCUT2D eigenvalue weighted by molar-refractivity contribution is 5.95. The molecule has 2 aromatic heterocycles. The molecule has 0 radical (unpaired) electrons. The van der Waals surface area contributed by atoms with Crippen molar-refractivity contribution in [2.24, 2.45) is 0 Å². The Bertz CT molecular complexity index is 596. The Balaban J connectivity index is 1.89. The molecule has 0 aliphatic heterocycles. The molecule has 21 heavy (non-hydrogen) atoms. The highest BCUT2D eigenvalue weighted by Crippen LogP contribution is 2.08. The molecule has 0 bridgehead atoms. The number of hydrogen-bond acceptors (Lipinski definition) is 4. The maximum absolute atomic E-state index is 12.0. The Morgan fingerprint density at radius 2 is 1.95 bits per heavy atom. The third-order valence-corrected chi connectivity index (χ3v) is 2.98. The van der Waals surface area contributed by atoms with Crippen molar-refractivity contribution < 1.29 is 14.0 Å². The molecule has 0 spiro atoms. The van der Waals surface area contributed by atoms with Crippen LogP contribution < -0.4 is 10.6 Å². The number of carbonyl (C=O) groups excluding carboxylic acids is 2. The number of hydrogen-bond donors (Lipinski definition) is 2. The van der Waals surface area contributed by atoms with E-state index in [1.165, 1.54) is 12.3 Å². The van der Waals surface area contributed by atoms with E-state index < -0.39 is 11.9 Å². The van der Waals surface area contributed by atoms with E-state index in [1.807, 2.05) is 25.1 Å². The Kier molecular flexibility index (Phi) is 4.71.